The van der Waals surface area contributed by atoms with Crippen molar-refractivity contribution in [3.8, 4) is 0 Å². The van der Waals surface area contributed by atoms with Crippen LogP contribution in [0.3, 0.4) is 0 Å². The standard InChI is InChI=1S/C14H23N3O9/c18-3-7-10(21)6(20)1-9(25-7)17-2-5(15-16-17)14-13(24)12(23)11(22)8(4-19)26-14/h2,6-14,18-24H,1,3-4H2/t6?,7?,8?,9?,10-,11+,12?,13?,14+/m0/s1. The fourth-order valence-corrected chi connectivity index (χ4v) is 3.16. The van der Waals surface area contributed by atoms with E-state index in [1.807, 2.05) is 0 Å². The van der Waals surface area contributed by atoms with Crippen molar-refractivity contribution in [3.05, 3.63) is 11.9 Å². The van der Waals surface area contributed by atoms with E-state index in [-0.39, 0.29) is 12.1 Å². The third-order valence-electron chi connectivity index (χ3n) is 4.74. The zero-order chi connectivity index (χ0) is 19.0. The lowest BCUT2D eigenvalue weighted by atomic mass is 9.94. The van der Waals surface area contributed by atoms with Crippen LogP contribution in [0.4, 0.5) is 0 Å². The van der Waals surface area contributed by atoms with Crippen LogP contribution in [0.2, 0.25) is 0 Å². The number of ether oxygens (including phenoxy) is 2. The summed E-state index contributed by atoms with van der Waals surface area (Å²) in [6.07, 6.45) is -9.58. The third-order valence-corrected chi connectivity index (χ3v) is 4.74. The van der Waals surface area contributed by atoms with Gasteiger partial charge in [-0.2, -0.15) is 0 Å². The highest BCUT2D eigenvalue weighted by Crippen LogP contribution is 2.33. The van der Waals surface area contributed by atoms with Crippen molar-refractivity contribution < 1.29 is 45.2 Å². The Hall–Kier alpha value is -1.22. The second-order valence-corrected chi connectivity index (χ2v) is 6.48. The highest BCUT2D eigenvalue weighted by Gasteiger charge is 2.45. The molecule has 0 amide bonds. The smallest absolute Gasteiger partial charge is 0.155 e. The number of aliphatic hydroxyl groups is 7. The lowest BCUT2D eigenvalue weighted by Crippen LogP contribution is -2.55. The van der Waals surface area contributed by atoms with Gasteiger partial charge in [0.25, 0.3) is 0 Å². The molecule has 0 saturated carbocycles. The Morgan fingerprint density at radius 3 is 2.23 bits per heavy atom. The van der Waals surface area contributed by atoms with Crippen LogP contribution in [0.15, 0.2) is 6.20 Å². The van der Waals surface area contributed by atoms with Gasteiger partial charge in [-0.05, 0) is 0 Å². The second kappa shape index (κ2) is 7.80. The van der Waals surface area contributed by atoms with Gasteiger partial charge in [0, 0.05) is 6.42 Å². The Kier molecular flexibility index (Phi) is 5.86. The molecule has 1 aromatic rings. The molecule has 6 unspecified atom stereocenters. The second-order valence-electron chi connectivity index (χ2n) is 6.48. The topological polar surface area (TPSA) is 191 Å². The molecule has 1 aromatic heterocycles. The Bertz CT molecular complexity index is 600. The van der Waals surface area contributed by atoms with E-state index < -0.39 is 68.3 Å². The minimum atomic E-state index is -1.54. The van der Waals surface area contributed by atoms with Crippen LogP contribution in [-0.4, -0.2) is 107 Å². The molecule has 148 valence electrons. The molecule has 2 aliphatic heterocycles. The molecule has 2 fully saturated rings. The van der Waals surface area contributed by atoms with Gasteiger partial charge < -0.3 is 45.2 Å². The molecular formula is C14H23N3O9. The quantitative estimate of drug-likeness (QED) is 0.269. The largest absolute Gasteiger partial charge is 0.394 e. The van der Waals surface area contributed by atoms with Gasteiger partial charge in [0.05, 0.1) is 25.5 Å². The predicted molar refractivity (Wildman–Crippen MR) is 80.4 cm³/mol. The summed E-state index contributed by atoms with van der Waals surface area (Å²) in [5, 5.41) is 75.6. The molecule has 26 heavy (non-hydrogen) atoms. The molecule has 7 N–H and O–H groups in total. The first-order valence-electron chi connectivity index (χ1n) is 8.22. The Morgan fingerprint density at radius 1 is 0.923 bits per heavy atom. The number of aliphatic hydroxyl groups excluding tert-OH is 7. The molecule has 12 nitrogen and oxygen atoms in total. The Morgan fingerprint density at radius 2 is 1.58 bits per heavy atom. The SMILES string of the molecule is OCC1O[C@H](c2cn(C3CC(O)[C@H](O)C(CO)O3)nn2)C(O)C(O)[C@@H]1O. The predicted octanol–water partition coefficient (Wildman–Crippen LogP) is -4.21. The minimum absolute atomic E-state index is 0.00481. The van der Waals surface area contributed by atoms with Crippen molar-refractivity contribution in [2.45, 2.75) is 61.5 Å². The first-order chi connectivity index (χ1) is 12.4. The van der Waals surface area contributed by atoms with Gasteiger partial charge in [-0.1, -0.05) is 5.21 Å². The monoisotopic (exact) mass is 377 g/mol. The van der Waals surface area contributed by atoms with E-state index in [1.54, 1.807) is 0 Å². The van der Waals surface area contributed by atoms with Crippen LogP contribution in [0.5, 0.6) is 0 Å². The van der Waals surface area contributed by atoms with Crippen molar-refractivity contribution >= 4 is 0 Å². The molecule has 3 rings (SSSR count). The van der Waals surface area contributed by atoms with Gasteiger partial charge in [0.15, 0.2) is 6.23 Å². The molecule has 0 aromatic carbocycles. The van der Waals surface area contributed by atoms with E-state index in [0.29, 0.717) is 0 Å². The summed E-state index contributed by atoms with van der Waals surface area (Å²) in [5.74, 6) is 0. The molecule has 0 bridgehead atoms. The fraction of sp³-hybridized carbons (Fsp3) is 0.857. The molecular weight excluding hydrogens is 354 g/mol. The summed E-state index contributed by atoms with van der Waals surface area (Å²) in [4.78, 5) is 0. The molecule has 3 heterocycles. The maximum absolute atomic E-state index is 10.1. The van der Waals surface area contributed by atoms with Crippen LogP contribution in [0.25, 0.3) is 0 Å². The molecule has 2 saturated heterocycles. The highest BCUT2D eigenvalue weighted by atomic mass is 16.6. The molecule has 0 radical (unpaired) electrons. The average Bonchev–Trinajstić information content (AvgIpc) is 3.12. The van der Waals surface area contributed by atoms with Crippen molar-refractivity contribution in [2.75, 3.05) is 13.2 Å². The first kappa shape index (κ1) is 19.5. The summed E-state index contributed by atoms with van der Waals surface area (Å²) in [7, 11) is 0. The van der Waals surface area contributed by atoms with Crippen molar-refractivity contribution in [1.29, 1.82) is 0 Å². The lowest BCUT2D eigenvalue weighted by molar-refractivity contribution is -0.232. The summed E-state index contributed by atoms with van der Waals surface area (Å²) in [6, 6.07) is 0. The van der Waals surface area contributed by atoms with Crippen molar-refractivity contribution in [1.82, 2.24) is 15.0 Å². The maximum Gasteiger partial charge on any atom is 0.155 e. The fourth-order valence-electron chi connectivity index (χ4n) is 3.16. The van der Waals surface area contributed by atoms with Crippen LogP contribution in [0.1, 0.15) is 24.4 Å². The lowest BCUT2D eigenvalue weighted by Gasteiger charge is -2.39. The summed E-state index contributed by atoms with van der Waals surface area (Å²) < 4.78 is 12.1. The first-order valence-corrected chi connectivity index (χ1v) is 8.22. The third kappa shape index (κ3) is 3.47. The normalized spacial score (nSPS) is 44.2. The summed E-state index contributed by atoms with van der Waals surface area (Å²) in [5.41, 5.74) is 0.117. The van der Waals surface area contributed by atoms with E-state index in [2.05, 4.69) is 10.3 Å². The zero-order valence-corrected chi connectivity index (χ0v) is 13.7. The summed E-state index contributed by atoms with van der Waals surface area (Å²) in [6.45, 7) is -1.06. The summed E-state index contributed by atoms with van der Waals surface area (Å²) >= 11 is 0. The molecule has 0 spiro atoms. The minimum Gasteiger partial charge on any atom is -0.394 e. The number of hydrogen-bond donors (Lipinski definition) is 7. The number of aromatic nitrogens is 3. The van der Waals surface area contributed by atoms with Crippen LogP contribution < -0.4 is 0 Å². The van der Waals surface area contributed by atoms with Crippen molar-refractivity contribution in [2.24, 2.45) is 0 Å². The van der Waals surface area contributed by atoms with E-state index in [9.17, 15) is 35.7 Å². The van der Waals surface area contributed by atoms with Gasteiger partial charge >= 0.3 is 0 Å². The zero-order valence-electron chi connectivity index (χ0n) is 13.7. The van der Waals surface area contributed by atoms with Gasteiger partial charge in [-0.15, -0.1) is 5.10 Å². The van der Waals surface area contributed by atoms with E-state index in [4.69, 9.17) is 9.47 Å². The van der Waals surface area contributed by atoms with Gasteiger partial charge in [-0.3, -0.25) is 0 Å². The van der Waals surface area contributed by atoms with E-state index >= 15 is 0 Å². The molecule has 9 atom stereocenters. The average molecular weight is 377 g/mol. The van der Waals surface area contributed by atoms with Crippen LogP contribution in [-0.2, 0) is 9.47 Å². The number of nitrogens with zero attached hydrogens (tertiary/aromatic N) is 3. The van der Waals surface area contributed by atoms with E-state index in [1.165, 1.54) is 10.9 Å². The van der Waals surface area contributed by atoms with E-state index in [0.717, 1.165) is 0 Å². The van der Waals surface area contributed by atoms with Gasteiger partial charge in [0.2, 0.25) is 0 Å². The number of hydrogen-bond acceptors (Lipinski definition) is 11. The highest BCUT2D eigenvalue weighted by molar-refractivity contribution is 5.07. The maximum atomic E-state index is 10.1. The van der Waals surface area contributed by atoms with Crippen LogP contribution >= 0.6 is 0 Å². The Labute approximate surface area is 147 Å². The van der Waals surface area contributed by atoms with Gasteiger partial charge in [-0.25, -0.2) is 4.68 Å². The number of rotatable bonds is 4. The van der Waals surface area contributed by atoms with Crippen molar-refractivity contribution in [3.63, 3.8) is 0 Å². The van der Waals surface area contributed by atoms with Gasteiger partial charge in [0.1, 0.15) is 48.4 Å². The molecule has 12 heteroatoms. The molecule has 2 aliphatic rings. The van der Waals surface area contributed by atoms with Crippen LogP contribution in [0, 0.1) is 0 Å². The Balaban J connectivity index is 1.77. The molecule has 0 aliphatic carbocycles.